The summed E-state index contributed by atoms with van der Waals surface area (Å²) in [6, 6.07) is 4.21. The highest BCUT2D eigenvalue weighted by molar-refractivity contribution is 6.31. The van der Waals surface area contributed by atoms with Crippen molar-refractivity contribution in [2.45, 2.75) is 6.42 Å². The number of hydrogen-bond acceptors (Lipinski definition) is 5. The maximum Gasteiger partial charge on any atom is 0.254 e. The van der Waals surface area contributed by atoms with Crippen molar-refractivity contribution in [1.82, 2.24) is 20.2 Å². The molecular weight excluding hydrogens is 333 g/mol. The summed E-state index contributed by atoms with van der Waals surface area (Å²) in [5.74, 6) is -0.420. The summed E-state index contributed by atoms with van der Waals surface area (Å²) in [4.78, 5) is 22.2. The SMILES string of the molecule is CN(C)CCCNC(=O)c1cnc(Nc2ccc(F)c(Cl)c2)nc1. The van der Waals surface area contributed by atoms with Gasteiger partial charge in [0.2, 0.25) is 5.95 Å². The number of nitrogens with zero attached hydrogens (tertiary/aromatic N) is 3. The van der Waals surface area contributed by atoms with Crippen LogP contribution in [0.1, 0.15) is 16.8 Å². The zero-order chi connectivity index (χ0) is 17.5. The van der Waals surface area contributed by atoms with Gasteiger partial charge >= 0.3 is 0 Å². The van der Waals surface area contributed by atoms with Crippen LogP contribution in [0.2, 0.25) is 5.02 Å². The van der Waals surface area contributed by atoms with Gasteiger partial charge in [-0.25, -0.2) is 14.4 Å². The summed E-state index contributed by atoms with van der Waals surface area (Å²) in [6.45, 7) is 1.49. The fraction of sp³-hybridized carbons (Fsp3) is 0.312. The number of amides is 1. The Balaban J connectivity index is 1.90. The molecule has 2 N–H and O–H groups in total. The van der Waals surface area contributed by atoms with E-state index >= 15 is 0 Å². The van der Waals surface area contributed by atoms with Gasteiger partial charge in [0, 0.05) is 24.6 Å². The lowest BCUT2D eigenvalue weighted by Gasteiger charge is -2.10. The molecule has 0 bridgehead atoms. The minimum atomic E-state index is -0.496. The van der Waals surface area contributed by atoms with E-state index in [1.54, 1.807) is 0 Å². The number of hydrogen-bond donors (Lipinski definition) is 2. The summed E-state index contributed by atoms with van der Waals surface area (Å²) in [7, 11) is 3.96. The van der Waals surface area contributed by atoms with Crippen molar-refractivity contribution < 1.29 is 9.18 Å². The minimum Gasteiger partial charge on any atom is -0.352 e. The Kier molecular flexibility index (Phi) is 6.45. The molecule has 1 amide bonds. The third-order valence-electron chi connectivity index (χ3n) is 3.16. The van der Waals surface area contributed by atoms with Gasteiger partial charge in [0.05, 0.1) is 10.6 Å². The van der Waals surface area contributed by atoms with Crippen LogP contribution in [0.15, 0.2) is 30.6 Å². The molecule has 2 rings (SSSR count). The van der Waals surface area contributed by atoms with E-state index in [0.29, 0.717) is 23.7 Å². The van der Waals surface area contributed by atoms with Gasteiger partial charge in [-0.2, -0.15) is 0 Å². The van der Waals surface area contributed by atoms with Crippen LogP contribution in [0.4, 0.5) is 16.0 Å². The van der Waals surface area contributed by atoms with Gasteiger partial charge in [-0.15, -0.1) is 0 Å². The molecule has 0 aliphatic rings. The normalized spacial score (nSPS) is 10.7. The Morgan fingerprint density at radius 3 is 2.62 bits per heavy atom. The zero-order valence-electron chi connectivity index (χ0n) is 13.5. The Hall–Kier alpha value is -2.25. The van der Waals surface area contributed by atoms with E-state index in [1.807, 2.05) is 14.1 Å². The number of halogens is 2. The molecule has 8 heteroatoms. The second-order valence-electron chi connectivity index (χ2n) is 5.46. The molecule has 0 aliphatic heterocycles. The van der Waals surface area contributed by atoms with E-state index < -0.39 is 5.82 Å². The standard InChI is InChI=1S/C16H19ClFN5O/c1-23(2)7-3-6-19-15(24)11-9-20-16(21-10-11)22-12-4-5-14(18)13(17)8-12/h4-5,8-10H,3,6-7H2,1-2H3,(H,19,24)(H,20,21,22). The average molecular weight is 352 g/mol. The fourth-order valence-electron chi connectivity index (χ4n) is 1.91. The highest BCUT2D eigenvalue weighted by Gasteiger charge is 2.07. The summed E-state index contributed by atoms with van der Waals surface area (Å²) >= 11 is 5.72. The topological polar surface area (TPSA) is 70.2 Å². The van der Waals surface area contributed by atoms with Gasteiger partial charge < -0.3 is 15.5 Å². The van der Waals surface area contributed by atoms with Crippen LogP contribution in [0, 0.1) is 5.82 Å². The average Bonchev–Trinajstić information content (AvgIpc) is 2.55. The Morgan fingerprint density at radius 1 is 1.29 bits per heavy atom. The number of carbonyl (C=O) groups is 1. The van der Waals surface area contributed by atoms with Gasteiger partial charge in [0.15, 0.2) is 0 Å². The van der Waals surface area contributed by atoms with Crippen molar-refractivity contribution in [3.05, 3.63) is 47.0 Å². The van der Waals surface area contributed by atoms with Crippen molar-refractivity contribution >= 4 is 29.1 Å². The third kappa shape index (κ3) is 5.43. The summed E-state index contributed by atoms with van der Waals surface area (Å²) in [5, 5.41) is 5.71. The number of nitrogens with one attached hydrogen (secondary N) is 2. The first-order valence-electron chi connectivity index (χ1n) is 7.43. The first-order valence-corrected chi connectivity index (χ1v) is 7.80. The molecule has 24 heavy (non-hydrogen) atoms. The van der Waals surface area contributed by atoms with Gasteiger partial charge in [0.25, 0.3) is 5.91 Å². The Labute approximate surface area is 145 Å². The van der Waals surface area contributed by atoms with Crippen LogP contribution in [-0.2, 0) is 0 Å². The summed E-state index contributed by atoms with van der Waals surface area (Å²) in [5.41, 5.74) is 0.935. The second-order valence-corrected chi connectivity index (χ2v) is 5.87. The molecule has 0 aliphatic carbocycles. The van der Waals surface area contributed by atoms with E-state index in [0.717, 1.165) is 13.0 Å². The van der Waals surface area contributed by atoms with Crippen molar-refractivity contribution in [2.75, 3.05) is 32.5 Å². The van der Waals surface area contributed by atoms with E-state index in [9.17, 15) is 9.18 Å². The number of rotatable bonds is 7. The molecule has 128 valence electrons. The molecular formula is C16H19ClFN5O. The van der Waals surface area contributed by atoms with E-state index in [-0.39, 0.29) is 10.9 Å². The molecule has 0 radical (unpaired) electrons. The summed E-state index contributed by atoms with van der Waals surface area (Å²) in [6.07, 6.45) is 3.73. The molecule has 0 spiro atoms. The van der Waals surface area contributed by atoms with Crippen molar-refractivity contribution in [3.63, 3.8) is 0 Å². The Bertz CT molecular complexity index is 693. The predicted octanol–water partition coefficient (Wildman–Crippen LogP) is 2.69. The molecule has 1 aromatic carbocycles. The number of benzene rings is 1. The molecule has 2 aromatic rings. The molecule has 0 saturated heterocycles. The smallest absolute Gasteiger partial charge is 0.254 e. The number of aromatic nitrogens is 2. The third-order valence-corrected chi connectivity index (χ3v) is 3.45. The quantitative estimate of drug-likeness (QED) is 0.750. The van der Waals surface area contributed by atoms with Crippen LogP contribution >= 0.6 is 11.6 Å². The minimum absolute atomic E-state index is 0.00808. The molecule has 0 saturated carbocycles. The number of carbonyl (C=O) groups excluding carboxylic acids is 1. The van der Waals surface area contributed by atoms with Crippen molar-refractivity contribution in [2.24, 2.45) is 0 Å². The van der Waals surface area contributed by atoms with Crippen LogP contribution in [0.5, 0.6) is 0 Å². The molecule has 0 fully saturated rings. The first kappa shape index (κ1) is 18.1. The van der Waals surface area contributed by atoms with Gasteiger partial charge in [-0.3, -0.25) is 4.79 Å². The highest BCUT2D eigenvalue weighted by Crippen LogP contribution is 2.21. The van der Waals surface area contributed by atoms with Gasteiger partial charge in [0.1, 0.15) is 5.82 Å². The molecule has 6 nitrogen and oxygen atoms in total. The van der Waals surface area contributed by atoms with Crippen LogP contribution in [-0.4, -0.2) is 48.0 Å². The molecule has 1 aromatic heterocycles. The lowest BCUT2D eigenvalue weighted by atomic mass is 10.3. The van der Waals surface area contributed by atoms with Crippen LogP contribution < -0.4 is 10.6 Å². The van der Waals surface area contributed by atoms with Gasteiger partial charge in [-0.05, 0) is 45.3 Å². The van der Waals surface area contributed by atoms with E-state index in [2.05, 4.69) is 25.5 Å². The maximum absolute atomic E-state index is 13.1. The summed E-state index contributed by atoms with van der Waals surface area (Å²) < 4.78 is 13.1. The monoisotopic (exact) mass is 351 g/mol. The predicted molar refractivity (Wildman–Crippen MR) is 92.2 cm³/mol. The highest BCUT2D eigenvalue weighted by atomic mass is 35.5. The maximum atomic E-state index is 13.1. The lowest BCUT2D eigenvalue weighted by molar-refractivity contribution is 0.0951. The van der Waals surface area contributed by atoms with Crippen molar-refractivity contribution in [1.29, 1.82) is 0 Å². The Morgan fingerprint density at radius 2 is 2.00 bits per heavy atom. The van der Waals surface area contributed by atoms with Crippen molar-refractivity contribution in [3.8, 4) is 0 Å². The molecule has 0 atom stereocenters. The molecule has 1 heterocycles. The molecule has 0 unspecified atom stereocenters. The first-order chi connectivity index (χ1) is 11.5. The van der Waals surface area contributed by atoms with Crippen LogP contribution in [0.25, 0.3) is 0 Å². The second kappa shape index (κ2) is 8.56. The van der Waals surface area contributed by atoms with E-state index in [4.69, 9.17) is 11.6 Å². The zero-order valence-corrected chi connectivity index (χ0v) is 14.3. The fourth-order valence-corrected chi connectivity index (χ4v) is 2.09. The number of anilines is 2. The largest absolute Gasteiger partial charge is 0.352 e. The lowest BCUT2D eigenvalue weighted by Crippen LogP contribution is -2.27. The van der Waals surface area contributed by atoms with Gasteiger partial charge in [-0.1, -0.05) is 11.6 Å². The van der Waals surface area contributed by atoms with E-state index in [1.165, 1.54) is 30.6 Å². The van der Waals surface area contributed by atoms with Crippen LogP contribution in [0.3, 0.4) is 0 Å².